The molecule has 1 aliphatic rings. The summed E-state index contributed by atoms with van der Waals surface area (Å²) in [6, 6.07) is 4.87. The van der Waals surface area contributed by atoms with E-state index in [-0.39, 0.29) is 0 Å². The number of furan rings is 1. The molecule has 0 amide bonds. The molecule has 1 saturated carbocycles. The maximum Gasteiger partial charge on any atom is 0.118 e. The Morgan fingerprint density at radius 2 is 2.20 bits per heavy atom. The number of nitrogens with two attached hydrogens (primary N) is 1. The van der Waals surface area contributed by atoms with Crippen molar-refractivity contribution in [2.75, 3.05) is 12.3 Å². The van der Waals surface area contributed by atoms with E-state index >= 15 is 0 Å². The van der Waals surface area contributed by atoms with Gasteiger partial charge in [0.1, 0.15) is 11.5 Å². The van der Waals surface area contributed by atoms with E-state index in [0.29, 0.717) is 0 Å². The Balaban J connectivity index is 1.70. The number of thioether (sulfide) groups is 1. The minimum atomic E-state index is 0.738. The summed E-state index contributed by atoms with van der Waals surface area (Å²) >= 11 is 1.82. The predicted molar refractivity (Wildman–Crippen MR) is 63.8 cm³/mol. The van der Waals surface area contributed by atoms with Crippen LogP contribution in [-0.2, 0) is 12.3 Å². The molecule has 0 spiro atoms. The van der Waals surface area contributed by atoms with E-state index in [4.69, 9.17) is 10.2 Å². The van der Waals surface area contributed by atoms with Gasteiger partial charge in [0.05, 0.1) is 12.3 Å². The van der Waals surface area contributed by atoms with Crippen molar-refractivity contribution in [3.8, 4) is 0 Å². The highest BCUT2D eigenvalue weighted by Crippen LogP contribution is 2.20. The molecule has 1 aromatic heterocycles. The summed E-state index contributed by atoms with van der Waals surface area (Å²) in [7, 11) is 0. The number of hydrogen-bond acceptors (Lipinski definition) is 4. The number of rotatable bonds is 7. The summed E-state index contributed by atoms with van der Waals surface area (Å²) in [4.78, 5) is 0. The number of nitrogens with one attached hydrogen (secondary N) is 1. The summed E-state index contributed by atoms with van der Waals surface area (Å²) in [6.45, 7) is 1.60. The normalized spacial score (nSPS) is 15.8. The van der Waals surface area contributed by atoms with Crippen LogP contribution in [0.3, 0.4) is 0 Å². The van der Waals surface area contributed by atoms with Crippen molar-refractivity contribution in [2.45, 2.75) is 31.2 Å². The number of hydrogen-bond donors (Lipinski definition) is 2. The molecule has 84 valence electrons. The van der Waals surface area contributed by atoms with Gasteiger partial charge in [0, 0.05) is 18.3 Å². The smallest absolute Gasteiger partial charge is 0.118 e. The monoisotopic (exact) mass is 226 g/mol. The van der Waals surface area contributed by atoms with Crippen LogP contribution in [-0.4, -0.2) is 18.3 Å². The molecule has 0 atom stereocenters. The van der Waals surface area contributed by atoms with Gasteiger partial charge in [0.2, 0.25) is 0 Å². The van der Waals surface area contributed by atoms with E-state index in [1.54, 1.807) is 0 Å². The molecule has 1 heterocycles. The van der Waals surface area contributed by atoms with Gasteiger partial charge in [-0.2, -0.15) is 11.8 Å². The first kappa shape index (κ1) is 11.0. The Morgan fingerprint density at radius 3 is 2.93 bits per heavy atom. The van der Waals surface area contributed by atoms with Crippen LogP contribution >= 0.6 is 11.8 Å². The maximum absolute atomic E-state index is 5.68. The molecule has 0 unspecified atom stereocenters. The van der Waals surface area contributed by atoms with Crippen LogP contribution in [0.25, 0.3) is 0 Å². The van der Waals surface area contributed by atoms with Crippen molar-refractivity contribution in [2.24, 2.45) is 5.73 Å². The average Bonchev–Trinajstić information content (AvgIpc) is 2.97. The lowest BCUT2D eigenvalue weighted by Gasteiger charge is -1.99. The largest absolute Gasteiger partial charge is 0.464 e. The first-order valence-corrected chi connectivity index (χ1v) is 6.63. The topological polar surface area (TPSA) is 51.2 Å². The third-order valence-electron chi connectivity index (χ3n) is 2.37. The second kappa shape index (κ2) is 5.58. The molecule has 3 nitrogen and oxygen atoms in total. The van der Waals surface area contributed by atoms with Gasteiger partial charge in [-0.1, -0.05) is 0 Å². The molecule has 4 heteroatoms. The summed E-state index contributed by atoms with van der Waals surface area (Å²) < 4.78 is 5.68. The summed E-state index contributed by atoms with van der Waals surface area (Å²) in [5.41, 5.74) is 5.42. The van der Waals surface area contributed by atoms with Gasteiger partial charge in [-0.15, -0.1) is 0 Å². The fourth-order valence-electron chi connectivity index (χ4n) is 1.38. The molecular weight excluding hydrogens is 208 g/mol. The van der Waals surface area contributed by atoms with Crippen LogP contribution in [0.5, 0.6) is 0 Å². The SMILES string of the molecule is NCCSCc1ccc(CNC2CC2)o1. The fraction of sp³-hybridized carbons (Fsp3) is 0.636. The lowest BCUT2D eigenvalue weighted by Crippen LogP contribution is -2.14. The van der Waals surface area contributed by atoms with Crippen LogP contribution in [0.4, 0.5) is 0 Å². The van der Waals surface area contributed by atoms with Crippen LogP contribution in [0, 0.1) is 0 Å². The van der Waals surface area contributed by atoms with Gasteiger partial charge in [-0.25, -0.2) is 0 Å². The van der Waals surface area contributed by atoms with Crippen molar-refractivity contribution in [1.29, 1.82) is 0 Å². The van der Waals surface area contributed by atoms with Crippen LogP contribution in [0.2, 0.25) is 0 Å². The molecule has 2 rings (SSSR count). The zero-order chi connectivity index (χ0) is 10.5. The molecule has 0 aromatic carbocycles. The molecule has 1 fully saturated rings. The van der Waals surface area contributed by atoms with E-state index in [0.717, 1.165) is 42.2 Å². The fourth-order valence-corrected chi connectivity index (χ4v) is 2.05. The standard InChI is InChI=1S/C11H18N2OS/c12-5-6-15-8-11-4-3-10(14-11)7-13-9-1-2-9/h3-4,9,13H,1-2,5-8,12H2. The summed E-state index contributed by atoms with van der Waals surface area (Å²) in [5.74, 6) is 4.03. The Labute approximate surface area is 94.8 Å². The van der Waals surface area contributed by atoms with Gasteiger partial charge in [0.25, 0.3) is 0 Å². The summed E-state index contributed by atoms with van der Waals surface area (Å²) in [5, 5.41) is 3.43. The van der Waals surface area contributed by atoms with Crippen molar-refractivity contribution in [3.05, 3.63) is 23.7 Å². The molecule has 1 aliphatic carbocycles. The second-order valence-corrected chi connectivity index (χ2v) is 4.97. The zero-order valence-electron chi connectivity index (χ0n) is 8.87. The van der Waals surface area contributed by atoms with Gasteiger partial charge < -0.3 is 15.5 Å². The van der Waals surface area contributed by atoms with E-state index < -0.39 is 0 Å². The minimum Gasteiger partial charge on any atom is -0.464 e. The minimum absolute atomic E-state index is 0.738. The molecule has 0 aliphatic heterocycles. The first-order chi connectivity index (χ1) is 7.38. The quantitative estimate of drug-likeness (QED) is 0.695. The molecule has 0 saturated heterocycles. The Kier molecular flexibility index (Phi) is 4.11. The maximum atomic E-state index is 5.68. The van der Waals surface area contributed by atoms with Crippen LogP contribution in [0.15, 0.2) is 16.5 Å². The van der Waals surface area contributed by atoms with Crippen molar-refractivity contribution < 1.29 is 4.42 Å². The third-order valence-corrected chi connectivity index (χ3v) is 3.38. The van der Waals surface area contributed by atoms with Gasteiger partial charge >= 0.3 is 0 Å². The van der Waals surface area contributed by atoms with Crippen molar-refractivity contribution in [3.63, 3.8) is 0 Å². The highest BCUT2D eigenvalue weighted by Gasteiger charge is 2.20. The van der Waals surface area contributed by atoms with E-state index in [1.165, 1.54) is 12.8 Å². The average molecular weight is 226 g/mol. The van der Waals surface area contributed by atoms with Gasteiger partial charge in [-0.3, -0.25) is 0 Å². The Hall–Kier alpha value is -0.450. The van der Waals surface area contributed by atoms with Crippen LogP contribution < -0.4 is 11.1 Å². The third kappa shape index (κ3) is 3.89. The highest BCUT2D eigenvalue weighted by molar-refractivity contribution is 7.98. The van der Waals surface area contributed by atoms with E-state index in [9.17, 15) is 0 Å². The van der Waals surface area contributed by atoms with E-state index in [2.05, 4.69) is 17.4 Å². The predicted octanol–water partition coefficient (Wildman–Crippen LogP) is 1.72. The molecule has 15 heavy (non-hydrogen) atoms. The van der Waals surface area contributed by atoms with Crippen LogP contribution in [0.1, 0.15) is 24.4 Å². The van der Waals surface area contributed by atoms with Gasteiger partial charge in [-0.05, 0) is 25.0 Å². The highest BCUT2D eigenvalue weighted by atomic mass is 32.2. The Morgan fingerprint density at radius 1 is 1.40 bits per heavy atom. The van der Waals surface area contributed by atoms with E-state index in [1.807, 2.05) is 11.8 Å². The summed E-state index contributed by atoms with van der Waals surface area (Å²) in [6.07, 6.45) is 2.64. The molecule has 0 bridgehead atoms. The van der Waals surface area contributed by atoms with Gasteiger partial charge in [0.15, 0.2) is 0 Å². The molecule has 1 aromatic rings. The first-order valence-electron chi connectivity index (χ1n) is 5.47. The van der Waals surface area contributed by atoms with Crippen molar-refractivity contribution in [1.82, 2.24) is 5.32 Å². The lowest BCUT2D eigenvalue weighted by atomic mass is 10.4. The second-order valence-electron chi connectivity index (χ2n) is 3.86. The lowest BCUT2D eigenvalue weighted by molar-refractivity contribution is 0.458. The molecular formula is C11H18N2OS. The molecule has 3 N–H and O–H groups in total. The Bertz CT molecular complexity index is 297. The zero-order valence-corrected chi connectivity index (χ0v) is 9.69. The van der Waals surface area contributed by atoms with Crippen molar-refractivity contribution >= 4 is 11.8 Å². The molecule has 0 radical (unpaired) electrons.